The maximum Gasteiger partial charge on any atom is 0.289 e. The molecule has 0 saturated heterocycles. The monoisotopic (exact) mass is 355 g/mol. The van der Waals surface area contributed by atoms with Crippen LogP contribution in [0.2, 0.25) is 5.02 Å². The summed E-state index contributed by atoms with van der Waals surface area (Å²) in [5.74, 6) is -0.0698. The number of amides is 1. The van der Waals surface area contributed by atoms with Gasteiger partial charge in [-0.05, 0) is 54.0 Å². The van der Waals surface area contributed by atoms with Gasteiger partial charge in [-0.3, -0.25) is 4.79 Å². The molecule has 0 spiro atoms. The second kappa shape index (κ2) is 6.37. The van der Waals surface area contributed by atoms with E-state index < -0.39 is 0 Å². The molecule has 0 saturated carbocycles. The van der Waals surface area contributed by atoms with Gasteiger partial charge in [0, 0.05) is 23.5 Å². The fraction of sp³-hybridized carbons (Fsp3) is 0.150. The number of fused-ring (bicyclic) bond motifs is 1. The Morgan fingerprint density at radius 3 is 2.64 bits per heavy atom. The van der Waals surface area contributed by atoms with Crippen molar-refractivity contribution in [3.05, 3.63) is 76.8 Å². The van der Waals surface area contributed by atoms with Gasteiger partial charge >= 0.3 is 0 Å². The Kier molecular flexibility index (Phi) is 4.06. The lowest BCUT2D eigenvalue weighted by molar-refractivity contribution is 0.0743. The molecule has 25 heavy (non-hydrogen) atoms. The number of hydrogen-bond donors (Lipinski definition) is 0. The third kappa shape index (κ3) is 3.17. The second-order valence-electron chi connectivity index (χ2n) is 6.03. The first-order chi connectivity index (χ1) is 12.1. The number of nitrogens with zero attached hydrogens (tertiary/aromatic N) is 1. The van der Waals surface area contributed by atoms with Crippen molar-refractivity contribution in [1.82, 2.24) is 4.90 Å². The lowest BCUT2D eigenvalue weighted by atomic mass is 9.99. The van der Waals surface area contributed by atoms with E-state index in [-0.39, 0.29) is 11.7 Å². The van der Waals surface area contributed by atoms with Crippen LogP contribution < -0.4 is 0 Å². The minimum Gasteiger partial charge on any atom is -0.451 e. The summed E-state index contributed by atoms with van der Waals surface area (Å²) < 4.78 is 18.7. The summed E-state index contributed by atoms with van der Waals surface area (Å²) >= 11 is 5.97. The van der Waals surface area contributed by atoms with Crippen LogP contribution in [0.1, 0.15) is 22.5 Å². The number of benzene rings is 2. The molecule has 3 nitrogen and oxygen atoms in total. The van der Waals surface area contributed by atoms with Gasteiger partial charge in [-0.2, -0.15) is 0 Å². The number of furan rings is 1. The third-order valence-electron chi connectivity index (χ3n) is 4.40. The molecule has 2 heterocycles. The van der Waals surface area contributed by atoms with E-state index in [2.05, 4.69) is 0 Å². The molecule has 0 atom stereocenters. The van der Waals surface area contributed by atoms with E-state index in [9.17, 15) is 9.18 Å². The van der Waals surface area contributed by atoms with E-state index >= 15 is 0 Å². The summed E-state index contributed by atoms with van der Waals surface area (Å²) in [6.45, 7) is 1.10. The van der Waals surface area contributed by atoms with Crippen LogP contribution in [0, 0.1) is 5.82 Å². The summed E-state index contributed by atoms with van der Waals surface area (Å²) in [5.41, 5.74) is 2.76. The normalized spacial score (nSPS) is 14.6. The summed E-state index contributed by atoms with van der Waals surface area (Å²) in [7, 11) is 0. The zero-order valence-electron chi connectivity index (χ0n) is 13.3. The zero-order chi connectivity index (χ0) is 17.4. The van der Waals surface area contributed by atoms with Gasteiger partial charge < -0.3 is 9.32 Å². The maximum atomic E-state index is 13.0. The van der Waals surface area contributed by atoms with Crippen LogP contribution in [0.4, 0.5) is 4.39 Å². The Morgan fingerprint density at radius 1 is 1.12 bits per heavy atom. The van der Waals surface area contributed by atoms with Crippen LogP contribution >= 0.6 is 11.6 Å². The van der Waals surface area contributed by atoms with Crippen molar-refractivity contribution >= 4 is 34.1 Å². The molecular weight excluding hydrogens is 341 g/mol. The molecule has 4 rings (SSSR count). The van der Waals surface area contributed by atoms with Gasteiger partial charge in [-0.1, -0.05) is 29.8 Å². The quantitative estimate of drug-likeness (QED) is 0.636. The van der Waals surface area contributed by atoms with E-state index in [0.29, 0.717) is 29.5 Å². The SMILES string of the molecule is O=C(c1cc2cc(Cl)ccc2o1)N1CC=C(c2ccc(F)cc2)CC1. The molecule has 1 amide bonds. The average Bonchev–Trinajstić information content (AvgIpc) is 3.05. The van der Waals surface area contributed by atoms with Crippen molar-refractivity contribution in [2.24, 2.45) is 0 Å². The van der Waals surface area contributed by atoms with Crippen molar-refractivity contribution in [1.29, 1.82) is 0 Å². The molecule has 0 unspecified atom stereocenters. The van der Waals surface area contributed by atoms with Crippen molar-refractivity contribution in [2.45, 2.75) is 6.42 Å². The molecule has 0 N–H and O–H groups in total. The number of hydrogen-bond acceptors (Lipinski definition) is 2. The molecule has 1 aromatic heterocycles. The Morgan fingerprint density at radius 2 is 1.92 bits per heavy atom. The highest BCUT2D eigenvalue weighted by molar-refractivity contribution is 6.31. The highest BCUT2D eigenvalue weighted by Crippen LogP contribution is 2.26. The topological polar surface area (TPSA) is 33.5 Å². The number of rotatable bonds is 2. The number of carbonyl (C=O) groups is 1. The summed E-state index contributed by atoms with van der Waals surface area (Å²) in [4.78, 5) is 14.4. The van der Waals surface area contributed by atoms with E-state index in [4.69, 9.17) is 16.0 Å². The molecule has 126 valence electrons. The zero-order valence-corrected chi connectivity index (χ0v) is 14.1. The van der Waals surface area contributed by atoms with Gasteiger partial charge in [-0.15, -0.1) is 0 Å². The lowest BCUT2D eigenvalue weighted by Crippen LogP contribution is -2.34. The predicted molar refractivity (Wildman–Crippen MR) is 96.1 cm³/mol. The van der Waals surface area contributed by atoms with E-state index in [1.54, 1.807) is 41.3 Å². The first-order valence-electron chi connectivity index (χ1n) is 8.03. The first-order valence-corrected chi connectivity index (χ1v) is 8.41. The molecular formula is C20H15ClFNO2. The van der Waals surface area contributed by atoms with Crippen LogP contribution in [-0.2, 0) is 0 Å². The van der Waals surface area contributed by atoms with Crippen molar-refractivity contribution in [2.75, 3.05) is 13.1 Å². The Hall–Kier alpha value is -2.59. The predicted octanol–water partition coefficient (Wildman–Crippen LogP) is 5.15. The fourth-order valence-corrected chi connectivity index (χ4v) is 3.24. The smallest absolute Gasteiger partial charge is 0.289 e. The molecule has 1 aliphatic heterocycles. The molecule has 0 fully saturated rings. The number of halogens is 2. The Labute approximate surface area is 149 Å². The fourth-order valence-electron chi connectivity index (χ4n) is 3.06. The van der Waals surface area contributed by atoms with Gasteiger partial charge in [0.05, 0.1) is 0 Å². The maximum absolute atomic E-state index is 13.0. The molecule has 5 heteroatoms. The van der Waals surface area contributed by atoms with Crippen LogP contribution in [-0.4, -0.2) is 23.9 Å². The van der Waals surface area contributed by atoms with E-state index in [1.807, 2.05) is 6.08 Å². The standard InChI is InChI=1S/C20H15ClFNO2/c21-16-3-6-18-15(11-16)12-19(25-18)20(24)23-9-7-14(8-10-23)13-1-4-17(22)5-2-13/h1-7,11-12H,8-10H2. The van der Waals surface area contributed by atoms with Crippen molar-refractivity contribution in [3.63, 3.8) is 0 Å². The van der Waals surface area contributed by atoms with Crippen molar-refractivity contribution < 1.29 is 13.6 Å². The summed E-state index contributed by atoms with van der Waals surface area (Å²) in [5, 5.41) is 1.42. The van der Waals surface area contributed by atoms with E-state index in [1.165, 1.54) is 12.1 Å². The molecule has 2 aromatic carbocycles. The molecule has 0 radical (unpaired) electrons. The summed E-state index contributed by atoms with van der Waals surface area (Å²) in [6, 6.07) is 13.4. The molecule has 3 aromatic rings. The molecule has 0 bridgehead atoms. The Balaban J connectivity index is 1.52. The summed E-state index contributed by atoms with van der Waals surface area (Å²) in [6.07, 6.45) is 2.73. The second-order valence-corrected chi connectivity index (χ2v) is 6.47. The van der Waals surface area contributed by atoms with Crippen LogP contribution in [0.3, 0.4) is 0 Å². The number of carbonyl (C=O) groups excluding carboxylic acids is 1. The average molecular weight is 356 g/mol. The first kappa shape index (κ1) is 15.9. The van der Waals surface area contributed by atoms with E-state index in [0.717, 1.165) is 22.9 Å². The third-order valence-corrected chi connectivity index (χ3v) is 4.64. The largest absolute Gasteiger partial charge is 0.451 e. The van der Waals surface area contributed by atoms with Gasteiger partial charge in [0.15, 0.2) is 5.76 Å². The van der Waals surface area contributed by atoms with Gasteiger partial charge in [0.25, 0.3) is 5.91 Å². The Bertz CT molecular complexity index is 975. The van der Waals surface area contributed by atoms with Gasteiger partial charge in [0.1, 0.15) is 11.4 Å². The van der Waals surface area contributed by atoms with Gasteiger partial charge in [-0.25, -0.2) is 4.39 Å². The lowest BCUT2D eigenvalue weighted by Gasteiger charge is -2.25. The molecule has 1 aliphatic rings. The minimum atomic E-state index is -0.248. The highest BCUT2D eigenvalue weighted by Gasteiger charge is 2.22. The van der Waals surface area contributed by atoms with Crippen LogP contribution in [0.15, 0.2) is 59.0 Å². The van der Waals surface area contributed by atoms with Crippen molar-refractivity contribution in [3.8, 4) is 0 Å². The van der Waals surface area contributed by atoms with Gasteiger partial charge in [0.2, 0.25) is 0 Å². The van der Waals surface area contributed by atoms with Crippen LogP contribution in [0.25, 0.3) is 16.5 Å². The van der Waals surface area contributed by atoms with Crippen LogP contribution in [0.5, 0.6) is 0 Å². The minimum absolute atomic E-state index is 0.137. The highest BCUT2D eigenvalue weighted by atomic mass is 35.5. The molecule has 0 aliphatic carbocycles.